The Labute approximate surface area is 134 Å². The van der Waals surface area contributed by atoms with Crippen LogP contribution in [0.15, 0.2) is 28.5 Å². The predicted molar refractivity (Wildman–Crippen MR) is 77.5 cm³/mol. The number of fused-ring (bicyclic) bond motifs is 1. The van der Waals surface area contributed by atoms with E-state index in [1.807, 2.05) is 0 Å². The number of halogens is 3. The number of sulfone groups is 1. The van der Waals surface area contributed by atoms with Gasteiger partial charge in [0.1, 0.15) is 21.9 Å². The molecule has 1 heterocycles. The molecule has 1 unspecified atom stereocenters. The molecule has 0 bridgehead atoms. The van der Waals surface area contributed by atoms with Gasteiger partial charge in [-0.25, -0.2) is 21.6 Å². The standard InChI is InChI=1S/C14H11F3O4S2/c1-23(19,20)13-10-9(6-14(16,17)11(10)18)12(22-13)21-8-4-2-7(15)3-5-8/h2-5,11,18H,6H2,1H3. The zero-order valence-electron chi connectivity index (χ0n) is 11.7. The summed E-state index contributed by atoms with van der Waals surface area (Å²) in [5.74, 6) is -3.77. The van der Waals surface area contributed by atoms with Crippen molar-refractivity contribution in [3.05, 3.63) is 41.2 Å². The lowest BCUT2D eigenvalue weighted by Crippen LogP contribution is -2.22. The third kappa shape index (κ3) is 2.84. The normalized spacial score (nSPS) is 19.6. The summed E-state index contributed by atoms with van der Waals surface area (Å²) in [7, 11) is -3.80. The molecule has 0 saturated heterocycles. The lowest BCUT2D eigenvalue weighted by atomic mass is 10.2. The van der Waals surface area contributed by atoms with Gasteiger partial charge in [0.25, 0.3) is 5.92 Å². The zero-order valence-corrected chi connectivity index (χ0v) is 13.3. The summed E-state index contributed by atoms with van der Waals surface area (Å²) < 4.78 is 69.1. The van der Waals surface area contributed by atoms with Crippen LogP contribution in [0.5, 0.6) is 10.8 Å². The quantitative estimate of drug-likeness (QED) is 0.908. The van der Waals surface area contributed by atoms with Gasteiger partial charge in [0.15, 0.2) is 14.9 Å². The van der Waals surface area contributed by atoms with E-state index in [9.17, 15) is 26.7 Å². The molecule has 3 rings (SSSR count). The number of alkyl halides is 2. The summed E-state index contributed by atoms with van der Waals surface area (Å²) in [6, 6.07) is 4.85. The summed E-state index contributed by atoms with van der Waals surface area (Å²) in [6.07, 6.45) is -2.13. The van der Waals surface area contributed by atoms with E-state index in [1.165, 1.54) is 12.1 Å². The Kier molecular flexibility index (Phi) is 3.69. The van der Waals surface area contributed by atoms with Crippen molar-refractivity contribution in [1.82, 2.24) is 0 Å². The van der Waals surface area contributed by atoms with E-state index in [0.29, 0.717) is 11.3 Å². The summed E-state index contributed by atoms with van der Waals surface area (Å²) in [6.45, 7) is 0. The number of aliphatic hydroxyl groups is 1. The molecule has 2 aromatic rings. The van der Waals surface area contributed by atoms with Gasteiger partial charge in [-0.1, -0.05) is 11.3 Å². The Balaban J connectivity index is 2.10. The van der Waals surface area contributed by atoms with Gasteiger partial charge in [-0.15, -0.1) is 0 Å². The molecule has 23 heavy (non-hydrogen) atoms. The Morgan fingerprint density at radius 1 is 1.30 bits per heavy atom. The Hall–Kier alpha value is -1.58. The van der Waals surface area contributed by atoms with Gasteiger partial charge in [0.2, 0.25) is 0 Å². The highest BCUT2D eigenvalue weighted by molar-refractivity contribution is 7.92. The molecule has 0 radical (unpaired) electrons. The van der Waals surface area contributed by atoms with Gasteiger partial charge in [-0.2, -0.15) is 0 Å². The number of thiophene rings is 1. The smallest absolute Gasteiger partial charge is 0.281 e. The van der Waals surface area contributed by atoms with E-state index in [4.69, 9.17) is 4.74 Å². The lowest BCUT2D eigenvalue weighted by Gasteiger charge is -2.14. The van der Waals surface area contributed by atoms with Crippen LogP contribution in [0.1, 0.15) is 17.2 Å². The van der Waals surface area contributed by atoms with Crippen LogP contribution in [0.4, 0.5) is 13.2 Å². The minimum Gasteiger partial charge on any atom is -0.446 e. The molecule has 0 fully saturated rings. The number of aliphatic hydroxyl groups excluding tert-OH is 1. The molecule has 0 saturated carbocycles. The fraction of sp³-hybridized carbons (Fsp3) is 0.286. The van der Waals surface area contributed by atoms with Gasteiger partial charge in [0.05, 0.1) is 0 Å². The van der Waals surface area contributed by atoms with Crippen LogP contribution >= 0.6 is 11.3 Å². The van der Waals surface area contributed by atoms with Crippen molar-refractivity contribution in [2.45, 2.75) is 22.7 Å². The molecule has 0 aliphatic heterocycles. The van der Waals surface area contributed by atoms with Crippen molar-refractivity contribution in [2.75, 3.05) is 6.26 Å². The maximum Gasteiger partial charge on any atom is 0.281 e. The van der Waals surface area contributed by atoms with Crippen molar-refractivity contribution in [3.8, 4) is 10.8 Å². The molecule has 1 N–H and O–H groups in total. The summed E-state index contributed by atoms with van der Waals surface area (Å²) in [4.78, 5) is 0. The number of hydrogen-bond acceptors (Lipinski definition) is 5. The SMILES string of the molecule is CS(=O)(=O)c1sc(Oc2ccc(F)cc2)c2c1C(O)C(F)(F)C2. The summed E-state index contributed by atoms with van der Waals surface area (Å²) in [5, 5.41) is 9.72. The second-order valence-electron chi connectivity index (χ2n) is 5.24. The third-order valence-corrected chi connectivity index (χ3v) is 6.40. The molecular weight excluding hydrogens is 353 g/mol. The number of rotatable bonds is 3. The fourth-order valence-electron chi connectivity index (χ4n) is 2.39. The van der Waals surface area contributed by atoms with E-state index in [-0.39, 0.29) is 26.1 Å². The molecule has 1 aromatic heterocycles. The van der Waals surface area contributed by atoms with Gasteiger partial charge < -0.3 is 9.84 Å². The Morgan fingerprint density at radius 3 is 2.48 bits per heavy atom. The Bertz CT molecular complexity index is 857. The summed E-state index contributed by atoms with van der Waals surface area (Å²) >= 11 is 0.675. The predicted octanol–water partition coefficient (Wildman–Crippen LogP) is 3.31. The second kappa shape index (κ2) is 5.22. The van der Waals surface area contributed by atoms with Gasteiger partial charge in [-0.05, 0) is 24.3 Å². The van der Waals surface area contributed by atoms with Crippen molar-refractivity contribution in [2.24, 2.45) is 0 Å². The first-order valence-corrected chi connectivity index (χ1v) is 9.15. The first-order valence-electron chi connectivity index (χ1n) is 6.44. The maximum atomic E-state index is 13.8. The van der Waals surface area contributed by atoms with Crippen LogP contribution in [0.3, 0.4) is 0 Å². The third-order valence-electron chi connectivity index (χ3n) is 3.42. The average molecular weight is 364 g/mol. The van der Waals surface area contributed by atoms with Crippen molar-refractivity contribution >= 4 is 21.2 Å². The van der Waals surface area contributed by atoms with Gasteiger partial charge >= 0.3 is 0 Å². The van der Waals surface area contributed by atoms with E-state index < -0.39 is 34.1 Å². The lowest BCUT2D eigenvalue weighted by molar-refractivity contribution is -0.0976. The van der Waals surface area contributed by atoms with Crippen molar-refractivity contribution < 1.29 is 31.4 Å². The minimum absolute atomic E-state index is 0.0303. The van der Waals surface area contributed by atoms with Crippen molar-refractivity contribution in [1.29, 1.82) is 0 Å². The zero-order chi connectivity index (χ0) is 17.0. The highest BCUT2D eigenvalue weighted by Crippen LogP contribution is 2.54. The van der Waals surface area contributed by atoms with E-state index in [2.05, 4.69) is 0 Å². The maximum absolute atomic E-state index is 13.8. The van der Waals surface area contributed by atoms with Crippen molar-refractivity contribution in [3.63, 3.8) is 0 Å². The average Bonchev–Trinajstić information content (AvgIpc) is 2.89. The molecule has 0 amide bonds. The van der Waals surface area contributed by atoms with Gasteiger partial charge in [0, 0.05) is 23.8 Å². The second-order valence-corrected chi connectivity index (χ2v) is 8.43. The number of ether oxygens (including phenoxy) is 1. The molecular formula is C14H11F3O4S2. The van der Waals surface area contributed by atoms with Crippen LogP contribution in [-0.2, 0) is 16.3 Å². The molecule has 124 valence electrons. The van der Waals surface area contributed by atoms with E-state index >= 15 is 0 Å². The van der Waals surface area contributed by atoms with Crippen LogP contribution in [0.25, 0.3) is 0 Å². The first kappa shape index (κ1) is 16.3. The van der Waals surface area contributed by atoms with E-state index in [1.54, 1.807) is 0 Å². The molecule has 9 heteroatoms. The van der Waals surface area contributed by atoms with Crippen LogP contribution < -0.4 is 4.74 Å². The van der Waals surface area contributed by atoms with Crippen LogP contribution in [0, 0.1) is 5.82 Å². The number of benzene rings is 1. The first-order chi connectivity index (χ1) is 10.6. The van der Waals surface area contributed by atoms with E-state index in [0.717, 1.165) is 18.4 Å². The monoisotopic (exact) mass is 364 g/mol. The highest BCUT2D eigenvalue weighted by atomic mass is 32.2. The highest BCUT2D eigenvalue weighted by Gasteiger charge is 2.52. The molecule has 4 nitrogen and oxygen atoms in total. The van der Waals surface area contributed by atoms with Gasteiger partial charge in [-0.3, -0.25) is 0 Å². The molecule has 1 aromatic carbocycles. The molecule has 1 aliphatic carbocycles. The van der Waals surface area contributed by atoms with Crippen LogP contribution in [0.2, 0.25) is 0 Å². The molecule has 1 aliphatic rings. The Morgan fingerprint density at radius 2 is 1.91 bits per heavy atom. The van der Waals surface area contributed by atoms with Crippen LogP contribution in [-0.4, -0.2) is 25.7 Å². The molecule has 1 atom stereocenters. The largest absolute Gasteiger partial charge is 0.446 e. The molecule has 0 spiro atoms. The summed E-state index contributed by atoms with van der Waals surface area (Å²) in [5.41, 5.74) is -0.336. The number of hydrogen-bond donors (Lipinski definition) is 1. The topological polar surface area (TPSA) is 63.6 Å². The fourth-order valence-corrected chi connectivity index (χ4v) is 4.81. The minimum atomic E-state index is -3.80.